The lowest BCUT2D eigenvalue weighted by molar-refractivity contribution is -0.299. The molecule has 0 atom stereocenters. The zero-order chi connectivity index (χ0) is 16.4. The monoisotopic (exact) mass is 305 g/mol. The van der Waals surface area contributed by atoms with Crippen LogP contribution in [0.1, 0.15) is 51.7 Å². The minimum atomic E-state index is -0.194. The van der Waals surface area contributed by atoms with Gasteiger partial charge in [-0.05, 0) is 40.2 Å². The topological polar surface area (TPSA) is 38.8 Å². The highest BCUT2D eigenvalue weighted by molar-refractivity contribution is 5.37. The molecule has 0 N–H and O–H groups in total. The van der Waals surface area contributed by atoms with Crippen molar-refractivity contribution in [2.45, 2.75) is 71.2 Å². The number of carbonyl (C=O) groups excluding carboxylic acids is 1. The molecule has 0 bridgehead atoms. The molecule has 1 aliphatic rings. The first-order valence-corrected chi connectivity index (χ1v) is 7.82. The van der Waals surface area contributed by atoms with Crippen molar-refractivity contribution < 1.29 is 14.4 Å². The SMILES string of the molecule is Cc1ccc(CON2C(C)(C)CC(OC=O)CC2(C)C)cc1. The van der Waals surface area contributed by atoms with E-state index in [0.29, 0.717) is 13.1 Å². The van der Waals surface area contributed by atoms with Crippen LogP contribution in [0.3, 0.4) is 0 Å². The normalized spacial score (nSPS) is 21.5. The van der Waals surface area contributed by atoms with Gasteiger partial charge in [-0.25, -0.2) is 0 Å². The zero-order valence-electron chi connectivity index (χ0n) is 14.3. The summed E-state index contributed by atoms with van der Waals surface area (Å²) in [5.41, 5.74) is 2.01. The van der Waals surface area contributed by atoms with E-state index in [9.17, 15) is 4.79 Å². The molecule has 4 nitrogen and oxygen atoms in total. The predicted octanol–water partition coefficient (Wildman–Crippen LogP) is 3.62. The molecule has 1 saturated heterocycles. The van der Waals surface area contributed by atoms with Crippen LogP contribution < -0.4 is 0 Å². The van der Waals surface area contributed by atoms with Crippen LogP contribution in [-0.2, 0) is 21.0 Å². The lowest BCUT2D eigenvalue weighted by Crippen LogP contribution is -2.61. The number of hydroxylamine groups is 2. The van der Waals surface area contributed by atoms with Crippen molar-refractivity contribution in [3.05, 3.63) is 35.4 Å². The lowest BCUT2D eigenvalue weighted by Gasteiger charge is -2.53. The first-order chi connectivity index (χ1) is 10.2. The van der Waals surface area contributed by atoms with Gasteiger partial charge in [0.25, 0.3) is 6.47 Å². The Balaban J connectivity index is 2.07. The Morgan fingerprint density at radius 1 is 1.14 bits per heavy atom. The van der Waals surface area contributed by atoms with Crippen molar-refractivity contribution in [2.24, 2.45) is 0 Å². The van der Waals surface area contributed by atoms with Gasteiger partial charge in [0.2, 0.25) is 0 Å². The number of piperidine rings is 1. The maximum absolute atomic E-state index is 10.6. The Hall–Kier alpha value is -1.39. The summed E-state index contributed by atoms with van der Waals surface area (Å²) in [7, 11) is 0. The van der Waals surface area contributed by atoms with E-state index in [0.717, 1.165) is 18.4 Å². The molecule has 2 rings (SSSR count). The summed E-state index contributed by atoms with van der Waals surface area (Å²) in [5, 5.41) is 2.07. The number of hydrogen-bond acceptors (Lipinski definition) is 4. The van der Waals surface area contributed by atoms with Gasteiger partial charge < -0.3 is 4.74 Å². The maximum atomic E-state index is 10.6. The Labute approximate surface area is 133 Å². The fraction of sp³-hybridized carbons (Fsp3) is 0.611. The van der Waals surface area contributed by atoms with E-state index in [1.165, 1.54) is 5.56 Å². The standard InChI is InChI=1S/C18H27NO3/c1-14-6-8-15(9-7-14)12-22-19-17(2,3)10-16(21-13-20)11-18(19,4)5/h6-9,13,16H,10-12H2,1-5H3. The second kappa shape index (κ2) is 6.39. The highest BCUT2D eigenvalue weighted by Gasteiger charge is 2.47. The third kappa shape index (κ3) is 3.87. The summed E-state index contributed by atoms with van der Waals surface area (Å²) in [5.74, 6) is 0. The van der Waals surface area contributed by atoms with Gasteiger partial charge in [-0.3, -0.25) is 9.63 Å². The van der Waals surface area contributed by atoms with Crippen LogP contribution >= 0.6 is 0 Å². The minimum absolute atomic E-state index is 0.0540. The summed E-state index contributed by atoms with van der Waals surface area (Å²) >= 11 is 0. The summed E-state index contributed by atoms with van der Waals surface area (Å²) < 4.78 is 5.22. The van der Waals surface area contributed by atoms with Crippen LogP contribution in [0.15, 0.2) is 24.3 Å². The lowest BCUT2D eigenvalue weighted by atomic mass is 9.80. The zero-order valence-corrected chi connectivity index (χ0v) is 14.3. The number of benzene rings is 1. The first kappa shape index (κ1) is 17.0. The summed E-state index contributed by atoms with van der Waals surface area (Å²) in [4.78, 5) is 16.8. The molecule has 122 valence electrons. The van der Waals surface area contributed by atoms with Crippen molar-refractivity contribution in [3.8, 4) is 0 Å². The van der Waals surface area contributed by atoms with E-state index < -0.39 is 0 Å². The van der Waals surface area contributed by atoms with Crippen molar-refractivity contribution in [1.82, 2.24) is 5.06 Å². The molecule has 1 heterocycles. The largest absolute Gasteiger partial charge is 0.464 e. The van der Waals surface area contributed by atoms with E-state index in [1.54, 1.807) is 0 Å². The Morgan fingerprint density at radius 3 is 2.18 bits per heavy atom. The van der Waals surface area contributed by atoms with Gasteiger partial charge in [0.05, 0.1) is 6.61 Å². The summed E-state index contributed by atoms with van der Waals surface area (Å²) in [6, 6.07) is 8.38. The highest BCUT2D eigenvalue weighted by Crippen LogP contribution is 2.39. The summed E-state index contributed by atoms with van der Waals surface area (Å²) in [6.07, 6.45) is 1.48. The smallest absolute Gasteiger partial charge is 0.293 e. The van der Waals surface area contributed by atoms with Gasteiger partial charge in [0.15, 0.2) is 0 Å². The van der Waals surface area contributed by atoms with E-state index >= 15 is 0 Å². The number of aryl methyl sites for hydroxylation is 1. The van der Waals surface area contributed by atoms with Crippen LogP contribution in [0.4, 0.5) is 0 Å². The first-order valence-electron chi connectivity index (χ1n) is 7.82. The van der Waals surface area contributed by atoms with Gasteiger partial charge in [0, 0.05) is 23.9 Å². The number of ether oxygens (including phenoxy) is 1. The Bertz CT molecular complexity index is 490. The minimum Gasteiger partial charge on any atom is -0.464 e. The van der Waals surface area contributed by atoms with E-state index in [2.05, 4.69) is 63.9 Å². The number of carbonyl (C=O) groups is 1. The van der Waals surface area contributed by atoms with Crippen molar-refractivity contribution >= 4 is 6.47 Å². The van der Waals surface area contributed by atoms with E-state index in [-0.39, 0.29) is 17.2 Å². The second-order valence-electron chi connectivity index (χ2n) is 7.44. The third-order valence-corrected chi connectivity index (χ3v) is 4.28. The molecular formula is C18H27NO3. The molecule has 1 aromatic rings. The fourth-order valence-electron chi connectivity index (χ4n) is 3.52. The van der Waals surface area contributed by atoms with Crippen LogP contribution in [0.2, 0.25) is 0 Å². The molecule has 0 saturated carbocycles. The molecule has 0 aromatic heterocycles. The predicted molar refractivity (Wildman–Crippen MR) is 86.1 cm³/mol. The molecule has 1 fully saturated rings. The Kier molecular flexibility index (Phi) is 4.93. The van der Waals surface area contributed by atoms with Crippen molar-refractivity contribution in [3.63, 3.8) is 0 Å². The average Bonchev–Trinajstić information content (AvgIpc) is 2.38. The van der Waals surface area contributed by atoms with Gasteiger partial charge in [-0.2, -0.15) is 5.06 Å². The van der Waals surface area contributed by atoms with Gasteiger partial charge in [0.1, 0.15) is 6.10 Å². The quantitative estimate of drug-likeness (QED) is 0.779. The van der Waals surface area contributed by atoms with Crippen LogP contribution in [0, 0.1) is 6.92 Å². The van der Waals surface area contributed by atoms with Gasteiger partial charge in [-0.15, -0.1) is 0 Å². The van der Waals surface area contributed by atoms with Gasteiger partial charge in [-0.1, -0.05) is 29.8 Å². The average molecular weight is 305 g/mol. The molecule has 0 aliphatic carbocycles. The van der Waals surface area contributed by atoms with Crippen LogP contribution in [0.25, 0.3) is 0 Å². The van der Waals surface area contributed by atoms with E-state index in [1.807, 2.05) is 0 Å². The summed E-state index contributed by atoms with van der Waals surface area (Å²) in [6.45, 7) is 11.7. The molecule has 1 aromatic carbocycles. The molecule has 0 amide bonds. The van der Waals surface area contributed by atoms with Crippen molar-refractivity contribution in [1.29, 1.82) is 0 Å². The maximum Gasteiger partial charge on any atom is 0.293 e. The van der Waals surface area contributed by atoms with Crippen molar-refractivity contribution in [2.75, 3.05) is 0 Å². The van der Waals surface area contributed by atoms with Crippen LogP contribution in [-0.4, -0.2) is 28.7 Å². The molecule has 4 heteroatoms. The molecule has 1 aliphatic heterocycles. The number of nitrogens with zero attached hydrogens (tertiary/aromatic N) is 1. The molecule has 0 unspecified atom stereocenters. The van der Waals surface area contributed by atoms with E-state index in [4.69, 9.17) is 9.57 Å². The molecule has 0 spiro atoms. The fourth-order valence-corrected chi connectivity index (χ4v) is 3.52. The highest BCUT2D eigenvalue weighted by atomic mass is 16.7. The van der Waals surface area contributed by atoms with Gasteiger partial charge >= 0.3 is 0 Å². The third-order valence-electron chi connectivity index (χ3n) is 4.28. The number of hydrogen-bond donors (Lipinski definition) is 0. The molecule has 0 radical (unpaired) electrons. The second-order valence-corrected chi connectivity index (χ2v) is 7.44. The van der Waals surface area contributed by atoms with Crippen LogP contribution in [0.5, 0.6) is 0 Å². The molecular weight excluding hydrogens is 278 g/mol. The Morgan fingerprint density at radius 2 is 1.68 bits per heavy atom. The number of rotatable bonds is 5. The molecule has 22 heavy (non-hydrogen) atoms.